The largest absolute Gasteiger partial charge is 0.481 e. The maximum atomic E-state index is 12.0. The second kappa shape index (κ2) is 7.25. The molecule has 1 amide bonds. The Morgan fingerprint density at radius 3 is 2.33 bits per heavy atom. The summed E-state index contributed by atoms with van der Waals surface area (Å²) in [6, 6.07) is 0. The third kappa shape index (κ3) is 6.04. The molecule has 1 heterocycles. The molecule has 5 nitrogen and oxygen atoms in total. The van der Waals surface area contributed by atoms with E-state index in [9.17, 15) is 14.7 Å². The average Bonchev–Trinajstić information content (AvgIpc) is 2.35. The van der Waals surface area contributed by atoms with Crippen LogP contribution in [0.4, 0.5) is 0 Å². The Labute approximate surface area is 127 Å². The summed E-state index contributed by atoms with van der Waals surface area (Å²) >= 11 is 0. The fourth-order valence-corrected chi connectivity index (χ4v) is 3.00. The molecule has 0 aromatic carbocycles. The van der Waals surface area contributed by atoms with Gasteiger partial charge in [-0.05, 0) is 30.6 Å². The number of carboxylic acid groups (broad SMARTS) is 1. The quantitative estimate of drug-likeness (QED) is 0.790. The molecule has 1 rings (SSSR count). The minimum absolute atomic E-state index is 0.0566. The summed E-state index contributed by atoms with van der Waals surface area (Å²) in [5.41, 5.74) is -0.663. The van der Waals surface area contributed by atoms with E-state index in [1.165, 1.54) is 0 Å². The standard InChI is InChI=1S/C16H29NO4/c1-12(10-15(2,3)4)9-13(18)17-11-16(14(19)20)5-7-21-8-6-16/h12H,5-11H2,1-4H3,(H,17,18)(H,19,20). The molecule has 1 aliphatic rings. The normalized spacial score (nSPS) is 19.8. The molecule has 0 saturated carbocycles. The van der Waals surface area contributed by atoms with E-state index in [1.54, 1.807) is 0 Å². The van der Waals surface area contributed by atoms with E-state index in [4.69, 9.17) is 4.74 Å². The Bertz CT molecular complexity index is 367. The molecule has 0 aliphatic carbocycles. The number of hydrogen-bond acceptors (Lipinski definition) is 3. The van der Waals surface area contributed by atoms with Crippen molar-refractivity contribution >= 4 is 11.9 Å². The molecule has 5 heteroatoms. The highest BCUT2D eigenvalue weighted by atomic mass is 16.5. The fraction of sp³-hybridized carbons (Fsp3) is 0.875. The van der Waals surface area contributed by atoms with Crippen molar-refractivity contribution in [3.05, 3.63) is 0 Å². The van der Waals surface area contributed by atoms with E-state index in [0.717, 1.165) is 6.42 Å². The van der Waals surface area contributed by atoms with Gasteiger partial charge in [-0.2, -0.15) is 0 Å². The van der Waals surface area contributed by atoms with Gasteiger partial charge in [-0.1, -0.05) is 27.7 Å². The smallest absolute Gasteiger partial charge is 0.311 e. The number of amides is 1. The van der Waals surface area contributed by atoms with Gasteiger partial charge in [-0.15, -0.1) is 0 Å². The highest BCUT2D eigenvalue weighted by Crippen LogP contribution is 2.30. The minimum Gasteiger partial charge on any atom is -0.481 e. The van der Waals surface area contributed by atoms with Crippen LogP contribution in [0.15, 0.2) is 0 Å². The number of rotatable bonds is 6. The van der Waals surface area contributed by atoms with E-state index in [2.05, 4.69) is 33.0 Å². The van der Waals surface area contributed by atoms with Crippen LogP contribution in [0.2, 0.25) is 0 Å². The molecular formula is C16H29NO4. The summed E-state index contributed by atoms with van der Waals surface area (Å²) < 4.78 is 5.23. The monoisotopic (exact) mass is 299 g/mol. The lowest BCUT2D eigenvalue weighted by molar-refractivity contribution is -0.154. The third-order valence-corrected chi connectivity index (χ3v) is 4.02. The van der Waals surface area contributed by atoms with E-state index in [0.29, 0.717) is 38.4 Å². The second-order valence-corrected chi connectivity index (χ2v) is 7.55. The molecule has 1 saturated heterocycles. The van der Waals surface area contributed by atoms with Gasteiger partial charge in [0.05, 0.1) is 5.41 Å². The topological polar surface area (TPSA) is 75.6 Å². The highest BCUT2D eigenvalue weighted by molar-refractivity contribution is 5.79. The number of carbonyl (C=O) groups is 2. The van der Waals surface area contributed by atoms with Crippen molar-refractivity contribution < 1.29 is 19.4 Å². The predicted octanol–water partition coefficient (Wildman–Crippen LogP) is 2.45. The Morgan fingerprint density at radius 1 is 1.29 bits per heavy atom. The number of aliphatic carboxylic acids is 1. The first-order valence-corrected chi connectivity index (χ1v) is 7.72. The first-order valence-electron chi connectivity index (χ1n) is 7.72. The van der Waals surface area contributed by atoms with Crippen LogP contribution in [0, 0.1) is 16.7 Å². The van der Waals surface area contributed by atoms with Crippen LogP contribution in [-0.2, 0) is 14.3 Å². The van der Waals surface area contributed by atoms with Gasteiger partial charge in [0.2, 0.25) is 5.91 Å². The van der Waals surface area contributed by atoms with Crippen LogP contribution in [0.1, 0.15) is 53.4 Å². The van der Waals surface area contributed by atoms with Gasteiger partial charge in [-0.3, -0.25) is 9.59 Å². The molecule has 2 N–H and O–H groups in total. The van der Waals surface area contributed by atoms with Gasteiger partial charge in [0.25, 0.3) is 0 Å². The molecule has 1 atom stereocenters. The third-order valence-electron chi connectivity index (χ3n) is 4.02. The van der Waals surface area contributed by atoms with E-state index >= 15 is 0 Å². The maximum Gasteiger partial charge on any atom is 0.311 e. The molecule has 122 valence electrons. The van der Waals surface area contributed by atoms with Crippen LogP contribution >= 0.6 is 0 Å². The Morgan fingerprint density at radius 2 is 1.86 bits per heavy atom. The van der Waals surface area contributed by atoms with Crippen molar-refractivity contribution in [2.75, 3.05) is 19.8 Å². The SMILES string of the molecule is CC(CC(=O)NCC1(C(=O)O)CCOCC1)CC(C)(C)C. The van der Waals surface area contributed by atoms with Gasteiger partial charge < -0.3 is 15.2 Å². The molecule has 0 aromatic rings. The zero-order chi connectivity index (χ0) is 16.1. The average molecular weight is 299 g/mol. The van der Waals surface area contributed by atoms with Crippen molar-refractivity contribution in [2.45, 2.75) is 53.4 Å². The zero-order valence-corrected chi connectivity index (χ0v) is 13.7. The molecule has 0 spiro atoms. The second-order valence-electron chi connectivity index (χ2n) is 7.55. The van der Waals surface area contributed by atoms with Gasteiger partial charge in [0.15, 0.2) is 0 Å². The summed E-state index contributed by atoms with van der Waals surface area (Å²) in [5, 5.41) is 12.2. The molecule has 21 heavy (non-hydrogen) atoms. The van der Waals surface area contributed by atoms with Crippen molar-refractivity contribution in [3.8, 4) is 0 Å². The summed E-state index contributed by atoms with van der Waals surface area (Å²) in [6.45, 7) is 9.62. The lowest BCUT2D eigenvalue weighted by Crippen LogP contribution is -2.46. The van der Waals surface area contributed by atoms with Gasteiger partial charge >= 0.3 is 5.97 Å². The number of carbonyl (C=O) groups excluding carboxylic acids is 1. The van der Waals surface area contributed by atoms with Gasteiger partial charge in [0, 0.05) is 26.2 Å². The Balaban J connectivity index is 2.45. The van der Waals surface area contributed by atoms with Gasteiger partial charge in [0.1, 0.15) is 0 Å². The van der Waals surface area contributed by atoms with Crippen molar-refractivity contribution in [1.29, 1.82) is 0 Å². The summed E-state index contributed by atoms with van der Waals surface area (Å²) in [6.07, 6.45) is 2.34. The molecule has 0 aromatic heterocycles. The molecule has 1 fully saturated rings. The minimum atomic E-state index is -0.860. The van der Waals surface area contributed by atoms with Crippen molar-refractivity contribution in [3.63, 3.8) is 0 Å². The first kappa shape index (κ1) is 18.0. The van der Waals surface area contributed by atoms with Gasteiger partial charge in [-0.25, -0.2) is 0 Å². The molecule has 0 bridgehead atoms. The lowest BCUT2D eigenvalue weighted by atomic mass is 9.80. The summed E-state index contributed by atoms with van der Waals surface area (Å²) in [5.74, 6) is -0.604. The predicted molar refractivity (Wildman–Crippen MR) is 81.0 cm³/mol. The highest BCUT2D eigenvalue weighted by Gasteiger charge is 2.40. The van der Waals surface area contributed by atoms with E-state index in [1.807, 2.05) is 0 Å². The summed E-state index contributed by atoms with van der Waals surface area (Å²) in [4.78, 5) is 23.5. The number of ether oxygens (including phenoxy) is 1. The molecule has 0 radical (unpaired) electrons. The fourth-order valence-electron chi connectivity index (χ4n) is 3.00. The number of hydrogen-bond donors (Lipinski definition) is 2. The molecule has 1 aliphatic heterocycles. The van der Waals surface area contributed by atoms with Crippen molar-refractivity contribution in [2.24, 2.45) is 16.7 Å². The Hall–Kier alpha value is -1.10. The van der Waals surface area contributed by atoms with Crippen LogP contribution < -0.4 is 5.32 Å². The molecule has 1 unspecified atom stereocenters. The van der Waals surface area contributed by atoms with Crippen LogP contribution in [0.5, 0.6) is 0 Å². The lowest BCUT2D eigenvalue weighted by Gasteiger charge is -2.33. The van der Waals surface area contributed by atoms with Crippen LogP contribution in [0.3, 0.4) is 0 Å². The first-order chi connectivity index (χ1) is 9.65. The molecular weight excluding hydrogens is 270 g/mol. The van der Waals surface area contributed by atoms with E-state index in [-0.39, 0.29) is 17.9 Å². The number of nitrogens with one attached hydrogen (secondary N) is 1. The van der Waals surface area contributed by atoms with E-state index < -0.39 is 11.4 Å². The zero-order valence-electron chi connectivity index (χ0n) is 13.7. The maximum absolute atomic E-state index is 12.0. The van der Waals surface area contributed by atoms with Crippen LogP contribution in [-0.4, -0.2) is 36.7 Å². The Kier molecular flexibility index (Phi) is 6.20. The van der Waals surface area contributed by atoms with Crippen molar-refractivity contribution in [1.82, 2.24) is 5.32 Å². The van der Waals surface area contributed by atoms with Crippen LogP contribution in [0.25, 0.3) is 0 Å². The summed E-state index contributed by atoms with van der Waals surface area (Å²) in [7, 11) is 0. The number of carboxylic acids is 1.